The molecule has 2 N–H and O–H groups in total. The second-order valence-corrected chi connectivity index (χ2v) is 4.62. The second-order valence-electron chi connectivity index (χ2n) is 4.62. The quantitative estimate of drug-likeness (QED) is 0.906. The molecule has 0 heterocycles. The molecule has 0 bridgehead atoms. The molecule has 0 unspecified atom stereocenters. The van der Waals surface area contributed by atoms with Crippen LogP contribution in [0.1, 0.15) is 18.1 Å². The largest absolute Gasteiger partial charge is 0.367 e. The Morgan fingerprint density at radius 1 is 1.05 bits per heavy atom. The van der Waals surface area contributed by atoms with Crippen LogP contribution in [0.25, 0.3) is 0 Å². The Hall–Kier alpha value is -1.94. The normalized spacial score (nSPS) is 10.6. The van der Waals surface area contributed by atoms with Gasteiger partial charge in [0.05, 0.1) is 0 Å². The third kappa shape index (κ3) is 3.33. The number of benzene rings is 2. The van der Waals surface area contributed by atoms with Crippen molar-refractivity contribution in [3.63, 3.8) is 0 Å². The summed E-state index contributed by atoms with van der Waals surface area (Å²) in [5, 5.41) is 0. The summed E-state index contributed by atoms with van der Waals surface area (Å²) in [6.45, 7) is 3.50. The third-order valence-corrected chi connectivity index (χ3v) is 3.28. The standard InChI is InChI=1S/C16H18F2N2/c1-2-20(15-6-4-14(17)5-7-15)11-13-9-12(10-19)3-8-16(13)18/h3-9H,2,10-11,19H2,1H3. The summed E-state index contributed by atoms with van der Waals surface area (Å²) < 4.78 is 26.8. The van der Waals surface area contributed by atoms with Crippen molar-refractivity contribution < 1.29 is 8.78 Å². The Bertz CT molecular complexity index is 567. The molecule has 0 amide bonds. The van der Waals surface area contributed by atoms with E-state index in [-0.39, 0.29) is 11.6 Å². The Balaban J connectivity index is 2.23. The number of nitrogens with zero attached hydrogens (tertiary/aromatic N) is 1. The molecule has 0 aromatic heterocycles. The molecule has 0 aliphatic carbocycles. The lowest BCUT2D eigenvalue weighted by Crippen LogP contribution is -2.22. The van der Waals surface area contributed by atoms with E-state index in [0.29, 0.717) is 25.2 Å². The highest BCUT2D eigenvalue weighted by Gasteiger charge is 2.10. The third-order valence-electron chi connectivity index (χ3n) is 3.28. The lowest BCUT2D eigenvalue weighted by molar-refractivity contribution is 0.603. The molecular formula is C16H18F2N2. The number of rotatable bonds is 5. The van der Waals surface area contributed by atoms with Crippen LogP contribution in [0.3, 0.4) is 0 Å². The van der Waals surface area contributed by atoms with Gasteiger partial charge in [0.25, 0.3) is 0 Å². The van der Waals surface area contributed by atoms with Gasteiger partial charge < -0.3 is 10.6 Å². The molecule has 2 rings (SSSR count). The Morgan fingerprint density at radius 3 is 2.35 bits per heavy atom. The fourth-order valence-electron chi connectivity index (χ4n) is 2.12. The summed E-state index contributed by atoms with van der Waals surface area (Å²) in [6.07, 6.45) is 0. The molecule has 0 saturated heterocycles. The predicted molar refractivity (Wildman–Crippen MR) is 77.4 cm³/mol. The molecule has 2 nitrogen and oxygen atoms in total. The molecule has 106 valence electrons. The van der Waals surface area contributed by atoms with Gasteiger partial charge >= 0.3 is 0 Å². The van der Waals surface area contributed by atoms with Crippen LogP contribution in [-0.2, 0) is 13.1 Å². The van der Waals surface area contributed by atoms with Crippen molar-refractivity contribution in [1.82, 2.24) is 0 Å². The van der Waals surface area contributed by atoms with E-state index in [1.165, 1.54) is 18.2 Å². The molecule has 0 saturated carbocycles. The maximum Gasteiger partial charge on any atom is 0.128 e. The zero-order valence-corrected chi connectivity index (χ0v) is 11.4. The van der Waals surface area contributed by atoms with Gasteiger partial charge in [-0.05, 0) is 48.9 Å². The summed E-state index contributed by atoms with van der Waals surface area (Å²) in [6, 6.07) is 11.1. The lowest BCUT2D eigenvalue weighted by atomic mass is 10.1. The van der Waals surface area contributed by atoms with Crippen molar-refractivity contribution in [2.24, 2.45) is 5.73 Å². The number of halogens is 2. The molecule has 0 atom stereocenters. The molecule has 20 heavy (non-hydrogen) atoms. The van der Waals surface area contributed by atoms with E-state index in [2.05, 4.69) is 0 Å². The average Bonchev–Trinajstić information content (AvgIpc) is 2.47. The highest BCUT2D eigenvalue weighted by atomic mass is 19.1. The SMILES string of the molecule is CCN(Cc1cc(CN)ccc1F)c1ccc(F)cc1. The van der Waals surface area contributed by atoms with Crippen LogP contribution in [0.15, 0.2) is 42.5 Å². The highest BCUT2D eigenvalue weighted by molar-refractivity contribution is 5.47. The fraction of sp³-hybridized carbons (Fsp3) is 0.250. The zero-order valence-electron chi connectivity index (χ0n) is 11.4. The van der Waals surface area contributed by atoms with Gasteiger partial charge in [0.2, 0.25) is 0 Å². The minimum absolute atomic E-state index is 0.247. The van der Waals surface area contributed by atoms with E-state index in [4.69, 9.17) is 5.73 Å². The minimum atomic E-state index is -0.277. The van der Waals surface area contributed by atoms with Gasteiger partial charge in [0.1, 0.15) is 11.6 Å². The van der Waals surface area contributed by atoms with Crippen molar-refractivity contribution in [3.8, 4) is 0 Å². The first-order valence-corrected chi connectivity index (χ1v) is 6.62. The number of hydrogen-bond acceptors (Lipinski definition) is 2. The van der Waals surface area contributed by atoms with Crippen molar-refractivity contribution in [2.45, 2.75) is 20.0 Å². The first-order chi connectivity index (χ1) is 9.63. The van der Waals surface area contributed by atoms with Crippen LogP contribution in [0, 0.1) is 11.6 Å². The van der Waals surface area contributed by atoms with Gasteiger partial charge in [-0.15, -0.1) is 0 Å². The van der Waals surface area contributed by atoms with E-state index in [0.717, 1.165) is 11.3 Å². The summed E-state index contributed by atoms with van der Waals surface area (Å²) in [4.78, 5) is 1.98. The summed E-state index contributed by atoms with van der Waals surface area (Å²) in [5.74, 6) is -0.524. The molecule has 0 radical (unpaired) electrons. The maximum atomic E-state index is 13.9. The lowest BCUT2D eigenvalue weighted by Gasteiger charge is -2.23. The highest BCUT2D eigenvalue weighted by Crippen LogP contribution is 2.19. The topological polar surface area (TPSA) is 29.3 Å². The maximum absolute atomic E-state index is 13.9. The molecule has 4 heteroatoms. The van der Waals surface area contributed by atoms with Crippen LogP contribution in [0.4, 0.5) is 14.5 Å². The van der Waals surface area contributed by atoms with Crippen molar-refractivity contribution in [2.75, 3.05) is 11.4 Å². The Kier molecular flexibility index (Phi) is 4.69. The summed E-state index contributed by atoms with van der Waals surface area (Å²) in [7, 11) is 0. The molecule has 0 fully saturated rings. The molecule has 0 aliphatic heterocycles. The van der Waals surface area contributed by atoms with Crippen LogP contribution in [-0.4, -0.2) is 6.54 Å². The first kappa shape index (κ1) is 14.5. The molecule has 0 spiro atoms. The van der Waals surface area contributed by atoms with Crippen LogP contribution < -0.4 is 10.6 Å². The predicted octanol–water partition coefficient (Wildman–Crippen LogP) is 3.45. The van der Waals surface area contributed by atoms with Crippen molar-refractivity contribution in [3.05, 3.63) is 65.2 Å². The molecule has 0 aliphatic rings. The summed E-state index contributed by atoms with van der Waals surface area (Å²) in [5.41, 5.74) is 7.95. The first-order valence-electron chi connectivity index (χ1n) is 6.62. The van der Waals surface area contributed by atoms with Gasteiger partial charge in [-0.25, -0.2) is 8.78 Å². The minimum Gasteiger partial charge on any atom is -0.367 e. The molecular weight excluding hydrogens is 258 g/mol. The van der Waals surface area contributed by atoms with Gasteiger partial charge in [0, 0.05) is 30.9 Å². The molecule has 2 aromatic rings. The Morgan fingerprint density at radius 2 is 1.75 bits per heavy atom. The molecule has 2 aromatic carbocycles. The van der Waals surface area contributed by atoms with E-state index in [1.54, 1.807) is 24.3 Å². The number of anilines is 1. The summed E-state index contributed by atoms with van der Waals surface area (Å²) >= 11 is 0. The van der Waals surface area contributed by atoms with Gasteiger partial charge in [-0.3, -0.25) is 0 Å². The van der Waals surface area contributed by atoms with Crippen LogP contribution in [0.5, 0.6) is 0 Å². The fourth-order valence-corrected chi connectivity index (χ4v) is 2.12. The van der Waals surface area contributed by atoms with Gasteiger partial charge in [0.15, 0.2) is 0 Å². The van der Waals surface area contributed by atoms with Crippen LogP contribution >= 0.6 is 0 Å². The second kappa shape index (κ2) is 6.48. The van der Waals surface area contributed by atoms with E-state index in [1.807, 2.05) is 11.8 Å². The van der Waals surface area contributed by atoms with E-state index in [9.17, 15) is 8.78 Å². The van der Waals surface area contributed by atoms with E-state index < -0.39 is 0 Å². The average molecular weight is 276 g/mol. The van der Waals surface area contributed by atoms with Gasteiger partial charge in [-0.1, -0.05) is 6.07 Å². The number of nitrogens with two attached hydrogens (primary N) is 1. The van der Waals surface area contributed by atoms with Gasteiger partial charge in [-0.2, -0.15) is 0 Å². The number of hydrogen-bond donors (Lipinski definition) is 1. The van der Waals surface area contributed by atoms with Crippen molar-refractivity contribution in [1.29, 1.82) is 0 Å². The van der Waals surface area contributed by atoms with Crippen LogP contribution in [0.2, 0.25) is 0 Å². The van der Waals surface area contributed by atoms with E-state index >= 15 is 0 Å². The van der Waals surface area contributed by atoms with Crippen molar-refractivity contribution >= 4 is 5.69 Å². The monoisotopic (exact) mass is 276 g/mol. The Labute approximate surface area is 117 Å². The zero-order chi connectivity index (χ0) is 14.5. The smallest absolute Gasteiger partial charge is 0.128 e.